The van der Waals surface area contributed by atoms with Crippen molar-refractivity contribution in [2.24, 2.45) is 5.92 Å². The van der Waals surface area contributed by atoms with E-state index in [2.05, 4.69) is 16.4 Å². The Balaban J connectivity index is 1.34. The summed E-state index contributed by atoms with van der Waals surface area (Å²) in [5, 5.41) is 12.3. The molecule has 1 amide bonds. The molecular formula is C25H25N3O5. The van der Waals surface area contributed by atoms with Crippen LogP contribution in [-0.4, -0.2) is 43.9 Å². The van der Waals surface area contributed by atoms with Gasteiger partial charge in [0.1, 0.15) is 17.7 Å². The van der Waals surface area contributed by atoms with Gasteiger partial charge in [0, 0.05) is 31.2 Å². The molecule has 5 rings (SSSR count). The number of hydrogen-bond acceptors (Lipinski definition) is 7. The first-order valence-corrected chi connectivity index (χ1v) is 11.1. The summed E-state index contributed by atoms with van der Waals surface area (Å²) >= 11 is 0. The predicted octanol–water partition coefficient (Wildman–Crippen LogP) is 3.34. The molecule has 8 nitrogen and oxygen atoms in total. The van der Waals surface area contributed by atoms with Crippen LogP contribution in [-0.2, 0) is 16.0 Å². The Morgan fingerprint density at radius 2 is 2.18 bits per heavy atom. The number of methoxy groups -OCH3 is 1. The van der Waals surface area contributed by atoms with Crippen molar-refractivity contribution in [1.82, 2.24) is 10.3 Å². The van der Waals surface area contributed by atoms with E-state index in [9.17, 15) is 10.1 Å². The van der Waals surface area contributed by atoms with Gasteiger partial charge >= 0.3 is 0 Å². The van der Waals surface area contributed by atoms with Gasteiger partial charge < -0.3 is 23.9 Å². The van der Waals surface area contributed by atoms with Crippen LogP contribution in [0.5, 0.6) is 11.5 Å². The highest BCUT2D eigenvalue weighted by atomic mass is 16.6. The number of hydrogen-bond donors (Lipinski definition) is 1. The zero-order chi connectivity index (χ0) is 22.8. The molecule has 8 heteroatoms. The van der Waals surface area contributed by atoms with E-state index in [0.29, 0.717) is 66.7 Å². The van der Waals surface area contributed by atoms with E-state index >= 15 is 0 Å². The van der Waals surface area contributed by atoms with Gasteiger partial charge in [-0.3, -0.25) is 4.79 Å². The standard InChI is InChI=1S/C25H25N3O5/c1-30-20-6-5-15(10-22(20)32-19-7-8-31-14-19)18-9-17(25(29)27-13-18)11-23-28-24-16(12-26)3-2-4-21(24)33-23/h2-6,10,17-19H,7-9,11,13-14H2,1H3,(H,27,29)/t17-,18-,19-/m1/s1. The van der Waals surface area contributed by atoms with Crippen LogP contribution in [0.3, 0.4) is 0 Å². The molecular weight excluding hydrogens is 422 g/mol. The summed E-state index contributed by atoms with van der Waals surface area (Å²) in [6, 6.07) is 13.3. The molecule has 0 saturated carbocycles. The number of amides is 1. The van der Waals surface area contributed by atoms with Gasteiger partial charge in [0.05, 0.1) is 25.9 Å². The third-order valence-electron chi connectivity index (χ3n) is 6.31. The van der Waals surface area contributed by atoms with Crippen molar-refractivity contribution in [2.45, 2.75) is 31.3 Å². The Bertz CT molecular complexity index is 1210. The zero-order valence-corrected chi connectivity index (χ0v) is 18.4. The normalized spacial score (nSPS) is 22.7. The largest absolute Gasteiger partial charge is 0.493 e. The maximum absolute atomic E-state index is 12.6. The molecule has 0 aliphatic carbocycles. The number of ether oxygens (including phenoxy) is 3. The topological polar surface area (TPSA) is 107 Å². The number of nitrogens with zero attached hydrogens (tertiary/aromatic N) is 2. The van der Waals surface area contributed by atoms with Crippen molar-refractivity contribution in [2.75, 3.05) is 26.9 Å². The highest BCUT2D eigenvalue weighted by Gasteiger charge is 2.32. The molecule has 3 aromatic rings. The summed E-state index contributed by atoms with van der Waals surface area (Å²) in [5.74, 6) is 1.68. The van der Waals surface area contributed by atoms with Gasteiger partial charge in [-0.05, 0) is 36.2 Å². The average molecular weight is 447 g/mol. The number of nitriles is 1. The minimum atomic E-state index is -0.281. The second kappa shape index (κ2) is 9.12. The molecule has 0 spiro atoms. The number of benzene rings is 2. The SMILES string of the molecule is COc1ccc([C@H]2CNC(=O)[C@@H](Cc3nc4c(C#N)cccc4o3)C2)cc1O[C@@H]1CCOC1. The molecule has 0 unspecified atom stereocenters. The maximum Gasteiger partial charge on any atom is 0.223 e. The monoisotopic (exact) mass is 447 g/mol. The summed E-state index contributed by atoms with van der Waals surface area (Å²) in [6.45, 7) is 1.83. The Labute approximate surface area is 191 Å². The molecule has 170 valence electrons. The lowest BCUT2D eigenvalue weighted by Gasteiger charge is -2.29. The molecule has 2 fully saturated rings. The fraction of sp³-hybridized carbons (Fsp3) is 0.400. The van der Waals surface area contributed by atoms with Crippen LogP contribution in [0.15, 0.2) is 40.8 Å². The minimum absolute atomic E-state index is 0.0119. The van der Waals surface area contributed by atoms with E-state index in [1.165, 1.54) is 0 Å². The molecule has 2 aromatic carbocycles. The Kier molecular flexibility index (Phi) is 5.88. The summed E-state index contributed by atoms with van der Waals surface area (Å²) < 4.78 is 22.9. The zero-order valence-electron chi connectivity index (χ0n) is 18.4. The van der Waals surface area contributed by atoms with E-state index in [1.54, 1.807) is 25.3 Å². The number of carbonyl (C=O) groups excluding carboxylic acids is 1. The highest BCUT2D eigenvalue weighted by molar-refractivity contribution is 5.81. The first-order valence-electron chi connectivity index (χ1n) is 11.1. The predicted molar refractivity (Wildman–Crippen MR) is 119 cm³/mol. The second-order valence-corrected chi connectivity index (χ2v) is 8.46. The van der Waals surface area contributed by atoms with Crippen molar-refractivity contribution < 1.29 is 23.4 Å². The third kappa shape index (κ3) is 4.37. The van der Waals surface area contributed by atoms with Gasteiger partial charge in [0.15, 0.2) is 23.0 Å². The van der Waals surface area contributed by atoms with Gasteiger partial charge in [-0.15, -0.1) is 0 Å². The second-order valence-electron chi connectivity index (χ2n) is 8.46. The Hall–Kier alpha value is -3.57. The third-order valence-corrected chi connectivity index (χ3v) is 6.31. The van der Waals surface area contributed by atoms with E-state index in [-0.39, 0.29) is 23.8 Å². The number of para-hydroxylation sites is 1. The molecule has 33 heavy (non-hydrogen) atoms. The maximum atomic E-state index is 12.6. The average Bonchev–Trinajstić information content (AvgIpc) is 3.49. The first kappa shape index (κ1) is 21.3. The van der Waals surface area contributed by atoms with Gasteiger partial charge in [-0.1, -0.05) is 12.1 Å². The number of oxazole rings is 1. The molecule has 3 heterocycles. The van der Waals surface area contributed by atoms with E-state index < -0.39 is 0 Å². The highest BCUT2D eigenvalue weighted by Crippen LogP contribution is 2.36. The fourth-order valence-electron chi connectivity index (χ4n) is 4.54. The van der Waals surface area contributed by atoms with Crippen LogP contribution in [0.2, 0.25) is 0 Å². The first-order chi connectivity index (χ1) is 16.1. The number of aromatic nitrogens is 1. The molecule has 1 N–H and O–H groups in total. The van der Waals surface area contributed by atoms with Crippen molar-refractivity contribution in [3.05, 3.63) is 53.4 Å². The van der Waals surface area contributed by atoms with E-state index in [1.807, 2.05) is 18.2 Å². The van der Waals surface area contributed by atoms with Crippen molar-refractivity contribution in [3.8, 4) is 17.6 Å². The van der Waals surface area contributed by atoms with Crippen LogP contribution in [0, 0.1) is 17.2 Å². The molecule has 2 aliphatic heterocycles. The summed E-state index contributed by atoms with van der Waals surface area (Å²) in [7, 11) is 1.63. The number of carbonyl (C=O) groups is 1. The van der Waals surface area contributed by atoms with Crippen LogP contribution < -0.4 is 14.8 Å². The molecule has 1 aromatic heterocycles. The lowest BCUT2D eigenvalue weighted by atomic mass is 9.83. The van der Waals surface area contributed by atoms with Gasteiger partial charge in [-0.2, -0.15) is 5.26 Å². The van der Waals surface area contributed by atoms with E-state index in [4.69, 9.17) is 18.6 Å². The van der Waals surface area contributed by atoms with Crippen LogP contribution in [0.25, 0.3) is 11.1 Å². The number of piperidine rings is 1. The van der Waals surface area contributed by atoms with Gasteiger partial charge in [0.2, 0.25) is 5.91 Å². The van der Waals surface area contributed by atoms with E-state index in [0.717, 1.165) is 12.0 Å². The fourth-order valence-corrected chi connectivity index (χ4v) is 4.54. The number of rotatable bonds is 6. The summed E-state index contributed by atoms with van der Waals surface area (Å²) in [5.41, 5.74) is 2.64. The van der Waals surface area contributed by atoms with Gasteiger partial charge in [0.25, 0.3) is 0 Å². The Morgan fingerprint density at radius 1 is 1.27 bits per heavy atom. The van der Waals surface area contributed by atoms with Crippen molar-refractivity contribution >= 4 is 17.0 Å². The lowest BCUT2D eigenvalue weighted by Crippen LogP contribution is -2.41. The molecule has 0 bridgehead atoms. The van der Waals surface area contributed by atoms with Crippen LogP contribution >= 0.6 is 0 Å². The summed E-state index contributed by atoms with van der Waals surface area (Å²) in [4.78, 5) is 17.1. The summed E-state index contributed by atoms with van der Waals surface area (Å²) in [6.07, 6.45) is 1.91. The van der Waals surface area contributed by atoms with Crippen molar-refractivity contribution in [1.29, 1.82) is 5.26 Å². The molecule has 3 atom stereocenters. The molecule has 2 aliphatic rings. The van der Waals surface area contributed by atoms with Crippen molar-refractivity contribution in [3.63, 3.8) is 0 Å². The van der Waals surface area contributed by atoms with Gasteiger partial charge in [-0.25, -0.2) is 4.98 Å². The Morgan fingerprint density at radius 3 is 2.97 bits per heavy atom. The lowest BCUT2D eigenvalue weighted by molar-refractivity contribution is -0.127. The smallest absolute Gasteiger partial charge is 0.223 e. The molecule has 2 saturated heterocycles. The van der Waals surface area contributed by atoms with Crippen LogP contribution in [0.4, 0.5) is 0 Å². The quantitative estimate of drug-likeness (QED) is 0.618. The number of nitrogens with one attached hydrogen (secondary N) is 1. The molecule has 0 radical (unpaired) electrons. The number of fused-ring (bicyclic) bond motifs is 1. The van der Waals surface area contributed by atoms with Crippen LogP contribution in [0.1, 0.15) is 35.8 Å². The minimum Gasteiger partial charge on any atom is -0.493 e.